The summed E-state index contributed by atoms with van der Waals surface area (Å²) in [5.74, 6) is 0.824. The second kappa shape index (κ2) is 8.56. The van der Waals surface area contributed by atoms with Gasteiger partial charge in [0.2, 0.25) is 11.8 Å². The van der Waals surface area contributed by atoms with E-state index >= 15 is 0 Å². The summed E-state index contributed by atoms with van der Waals surface area (Å²) < 4.78 is 5.43. The molecule has 0 saturated heterocycles. The fourth-order valence-electron chi connectivity index (χ4n) is 3.03. The predicted octanol–water partition coefficient (Wildman–Crippen LogP) is 4.76. The van der Waals surface area contributed by atoms with E-state index in [2.05, 4.69) is 20.6 Å². The van der Waals surface area contributed by atoms with Crippen molar-refractivity contribution < 1.29 is 4.74 Å². The number of rotatable bonds is 7. The molecule has 0 aliphatic heterocycles. The van der Waals surface area contributed by atoms with E-state index in [1.165, 1.54) is 19.1 Å². The molecule has 8 heteroatoms. The van der Waals surface area contributed by atoms with Gasteiger partial charge in [0.15, 0.2) is 0 Å². The minimum atomic E-state index is 0.376. The lowest BCUT2D eigenvalue weighted by atomic mass is 10.2. The molecule has 0 unspecified atom stereocenters. The minimum absolute atomic E-state index is 0.376. The summed E-state index contributed by atoms with van der Waals surface area (Å²) in [5, 5.41) is 15.3. The van der Waals surface area contributed by atoms with E-state index in [1.54, 1.807) is 19.2 Å². The lowest BCUT2D eigenvalue weighted by Crippen LogP contribution is -2.18. The number of ether oxygens (including phenoxy) is 1. The first-order valence-corrected chi connectivity index (χ1v) is 9.27. The molecule has 0 amide bonds. The highest BCUT2D eigenvalue weighted by atomic mass is 35.5. The molecule has 138 valence electrons. The van der Waals surface area contributed by atoms with Crippen LogP contribution in [0.4, 0.5) is 11.6 Å². The van der Waals surface area contributed by atoms with Gasteiger partial charge in [-0.15, -0.1) is 0 Å². The third-order valence-electron chi connectivity index (χ3n) is 4.37. The zero-order valence-corrected chi connectivity index (χ0v) is 16.0. The van der Waals surface area contributed by atoms with E-state index in [9.17, 15) is 0 Å². The number of methoxy groups -OCH3 is 1. The van der Waals surface area contributed by atoms with Gasteiger partial charge in [0.1, 0.15) is 11.4 Å². The Morgan fingerprint density at radius 2 is 2.00 bits per heavy atom. The van der Waals surface area contributed by atoms with Crippen LogP contribution in [0.5, 0.6) is 5.88 Å². The average Bonchev–Trinajstić information content (AvgIpc) is 3.16. The van der Waals surface area contributed by atoms with Gasteiger partial charge in [0, 0.05) is 18.8 Å². The van der Waals surface area contributed by atoms with Crippen LogP contribution in [0.1, 0.15) is 36.9 Å². The molecule has 1 fully saturated rings. The first-order valence-electron chi connectivity index (χ1n) is 8.51. The van der Waals surface area contributed by atoms with Crippen molar-refractivity contribution in [3.8, 4) is 5.88 Å². The van der Waals surface area contributed by atoms with E-state index in [0.29, 0.717) is 45.8 Å². The van der Waals surface area contributed by atoms with Crippen molar-refractivity contribution in [2.45, 2.75) is 38.3 Å². The molecule has 0 spiro atoms. The van der Waals surface area contributed by atoms with Crippen molar-refractivity contribution in [3.05, 3.63) is 39.5 Å². The number of halogens is 2. The van der Waals surface area contributed by atoms with Crippen LogP contribution in [0.2, 0.25) is 10.0 Å². The van der Waals surface area contributed by atoms with E-state index in [0.717, 1.165) is 18.4 Å². The molecular weight excluding hydrogens is 373 g/mol. The molecule has 6 nitrogen and oxygen atoms in total. The van der Waals surface area contributed by atoms with Crippen molar-refractivity contribution in [2.75, 3.05) is 17.7 Å². The highest BCUT2D eigenvalue weighted by Crippen LogP contribution is 2.30. The minimum Gasteiger partial charge on any atom is -0.479 e. The maximum absolute atomic E-state index is 7.70. The highest BCUT2D eigenvalue weighted by molar-refractivity contribution is 6.42. The summed E-state index contributed by atoms with van der Waals surface area (Å²) in [6, 6.07) is 5.80. The van der Waals surface area contributed by atoms with Crippen LogP contribution in [-0.2, 0) is 6.54 Å². The lowest BCUT2D eigenvalue weighted by molar-refractivity contribution is 0.398. The monoisotopic (exact) mass is 393 g/mol. The Balaban J connectivity index is 1.78. The Bertz CT molecular complexity index is 793. The van der Waals surface area contributed by atoms with Gasteiger partial charge in [-0.25, -0.2) is 4.98 Å². The number of aromatic nitrogens is 2. The molecule has 0 bridgehead atoms. The quantitative estimate of drug-likeness (QED) is 0.590. The van der Waals surface area contributed by atoms with Crippen LogP contribution < -0.4 is 15.4 Å². The molecule has 0 radical (unpaired) electrons. The van der Waals surface area contributed by atoms with Crippen LogP contribution in [0.15, 0.2) is 18.2 Å². The predicted molar refractivity (Wildman–Crippen MR) is 106 cm³/mol. The first-order chi connectivity index (χ1) is 12.6. The number of hydrogen-bond acceptors (Lipinski definition) is 6. The molecule has 1 heterocycles. The summed E-state index contributed by atoms with van der Waals surface area (Å²) in [6.07, 6.45) is 5.86. The Morgan fingerprint density at radius 1 is 1.23 bits per heavy atom. The summed E-state index contributed by atoms with van der Waals surface area (Å²) in [7, 11) is 1.57. The second-order valence-corrected chi connectivity index (χ2v) is 7.00. The van der Waals surface area contributed by atoms with Gasteiger partial charge in [0.05, 0.1) is 17.2 Å². The van der Waals surface area contributed by atoms with Gasteiger partial charge in [-0.1, -0.05) is 42.1 Å². The van der Waals surface area contributed by atoms with Gasteiger partial charge in [0.25, 0.3) is 0 Å². The zero-order valence-electron chi connectivity index (χ0n) is 14.5. The van der Waals surface area contributed by atoms with Crippen molar-refractivity contribution >= 4 is 41.1 Å². The standard InChI is InChI=1S/C18H21Cl2N5O/c1-26-17-16(23-12-4-2-3-5-12)15(9-21)24-18(25-17)22-10-11-6-7-13(19)14(20)8-11/h6-9,12,21,23H,2-5,10H2,1H3,(H,22,24,25). The Labute approximate surface area is 162 Å². The zero-order chi connectivity index (χ0) is 18.5. The third-order valence-corrected chi connectivity index (χ3v) is 5.11. The van der Waals surface area contributed by atoms with E-state index in [1.807, 2.05) is 6.07 Å². The van der Waals surface area contributed by atoms with Crippen LogP contribution in [0.3, 0.4) is 0 Å². The smallest absolute Gasteiger partial charge is 0.242 e. The Hall–Kier alpha value is -2.05. The van der Waals surface area contributed by atoms with E-state index < -0.39 is 0 Å². The van der Waals surface area contributed by atoms with Crippen molar-refractivity contribution in [3.63, 3.8) is 0 Å². The van der Waals surface area contributed by atoms with Crippen LogP contribution >= 0.6 is 23.2 Å². The molecule has 1 aliphatic rings. The molecule has 26 heavy (non-hydrogen) atoms. The van der Waals surface area contributed by atoms with Gasteiger partial charge in [-0.2, -0.15) is 4.98 Å². The number of hydrogen-bond donors (Lipinski definition) is 3. The van der Waals surface area contributed by atoms with Gasteiger partial charge < -0.3 is 20.8 Å². The third kappa shape index (κ3) is 4.37. The summed E-state index contributed by atoms with van der Waals surface area (Å²) in [6.45, 7) is 0.479. The normalized spacial score (nSPS) is 14.3. The molecule has 1 aromatic carbocycles. The molecule has 3 rings (SSSR count). The molecule has 2 aromatic rings. The van der Waals surface area contributed by atoms with Crippen LogP contribution in [0.25, 0.3) is 0 Å². The van der Waals surface area contributed by atoms with Crippen LogP contribution in [-0.4, -0.2) is 29.3 Å². The maximum atomic E-state index is 7.70. The fourth-order valence-corrected chi connectivity index (χ4v) is 3.35. The van der Waals surface area contributed by atoms with Crippen LogP contribution in [0, 0.1) is 5.41 Å². The molecule has 3 N–H and O–H groups in total. The van der Waals surface area contributed by atoms with Crippen molar-refractivity contribution in [2.24, 2.45) is 0 Å². The largest absolute Gasteiger partial charge is 0.479 e. The van der Waals surface area contributed by atoms with Crippen molar-refractivity contribution in [1.29, 1.82) is 5.41 Å². The summed E-state index contributed by atoms with van der Waals surface area (Å²) >= 11 is 12.0. The molecule has 1 saturated carbocycles. The lowest BCUT2D eigenvalue weighted by Gasteiger charge is -2.18. The second-order valence-electron chi connectivity index (χ2n) is 6.19. The first kappa shape index (κ1) is 18.7. The molecule has 1 aliphatic carbocycles. The van der Waals surface area contributed by atoms with E-state index in [4.69, 9.17) is 33.3 Å². The molecular formula is C18H21Cl2N5O. The summed E-state index contributed by atoms with van der Waals surface area (Å²) in [5.41, 5.74) is 2.13. The van der Waals surface area contributed by atoms with Gasteiger partial charge >= 0.3 is 0 Å². The molecule has 1 aromatic heterocycles. The Kier molecular flexibility index (Phi) is 6.16. The van der Waals surface area contributed by atoms with E-state index in [-0.39, 0.29) is 0 Å². The van der Waals surface area contributed by atoms with Crippen molar-refractivity contribution in [1.82, 2.24) is 9.97 Å². The Morgan fingerprint density at radius 3 is 2.65 bits per heavy atom. The maximum Gasteiger partial charge on any atom is 0.242 e. The molecule has 0 atom stereocenters. The number of nitrogens with one attached hydrogen (secondary N) is 3. The highest BCUT2D eigenvalue weighted by Gasteiger charge is 2.20. The number of nitrogens with zero attached hydrogens (tertiary/aromatic N) is 2. The topological polar surface area (TPSA) is 82.9 Å². The number of benzene rings is 1. The number of anilines is 2. The van der Waals surface area contributed by atoms with Gasteiger partial charge in [-0.3, -0.25) is 0 Å². The van der Waals surface area contributed by atoms with Gasteiger partial charge in [-0.05, 0) is 30.5 Å². The SMILES string of the molecule is COc1nc(NCc2ccc(Cl)c(Cl)c2)nc(C=N)c1NC1CCCC1. The average molecular weight is 394 g/mol. The summed E-state index contributed by atoms with van der Waals surface area (Å²) in [4.78, 5) is 8.86. The fraction of sp³-hybridized carbons (Fsp3) is 0.389.